The van der Waals surface area contributed by atoms with E-state index in [9.17, 15) is 9.59 Å². The lowest BCUT2D eigenvalue weighted by Gasteiger charge is -2.24. The third kappa shape index (κ3) is 4.41. The molecule has 1 aromatic heterocycles. The molecule has 0 N–H and O–H groups in total. The molecule has 5 rings (SSSR count). The number of carbonyl (C=O) groups excluding carboxylic acids is 2. The Morgan fingerprint density at radius 2 is 1.45 bits per heavy atom. The number of rotatable bonds is 5. The molecule has 1 amide bonds. The summed E-state index contributed by atoms with van der Waals surface area (Å²) in [5.41, 5.74) is 5.30. The highest BCUT2D eigenvalue weighted by Crippen LogP contribution is 2.36. The number of benzene rings is 3. The lowest BCUT2D eigenvalue weighted by atomic mass is 10.0. The lowest BCUT2D eigenvalue weighted by molar-refractivity contribution is -0.120. The number of ether oxygens (including phenoxy) is 1. The highest BCUT2D eigenvalue weighted by molar-refractivity contribution is 6.04. The number of aryl methyl sites for hydroxylation is 2. The van der Waals surface area contributed by atoms with Gasteiger partial charge in [-0.15, -0.1) is 0 Å². The van der Waals surface area contributed by atoms with Crippen LogP contribution in [-0.4, -0.2) is 28.3 Å². The quantitative estimate of drug-likeness (QED) is 0.430. The van der Waals surface area contributed by atoms with Gasteiger partial charge in [-0.25, -0.2) is 4.79 Å². The fraction of sp³-hybridized carbons (Fsp3) is 0.148. The molecule has 2 heterocycles. The Morgan fingerprint density at radius 1 is 0.818 bits per heavy atom. The van der Waals surface area contributed by atoms with Crippen LogP contribution in [0, 0.1) is 0 Å². The first kappa shape index (κ1) is 20.7. The minimum atomic E-state index is -0.523. The number of aromatic nitrogens is 2. The standard InChI is InChI=1S/C27H23N3O3/c31-26(19-33-27(32)23-12-10-20(11-13-23)18-29-17-5-16-28-29)30-24-8-3-1-6-21(24)14-15-22-7-2-4-9-25(22)30/h1-13,16-17H,14-15,18-19H2. The summed E-state index contributed by atoms with van der Waals surface area (Å²) < 4.78 is 7.22. The molecule has 0 bridgehead atoms. The van der Waals surface area contributed by atoms with Crippen LogP contribution in [0.25, 0.3) is 0 Å². The van der Waals surface area contributed by atoms with Crippen molar-refractivity contribution in [3.8, 4) is 0 Å². The van der Waals surface area contributed by atoms with E-state index in [1.807, 2.05) is 77.6 Å². The molecule has 4 aromatic rings. The molecular formula is C27H23N3O3. The summed E-state index contributed by atoms with van der Waals surface area (Å²) >= 11 is 0. The van der Waals surface area contributed by atoms with Crippen LogP contribution in [-0.2, 0) is 28.9 Å². The molecule has 0 saturated heterocycles. The third-order valence-electron chi connectivity index (χ3n) is 5.80. The zero-order chi connectivity index (χ0) is 22.6. The van der Waals surface area contributed by atoms with Crippen molar-refractivity contribution in [2.24, 2.45) is 0 Å². The van der Waals surface area contributed by atoms with Gasteiger partial charge in [0, 0.05) is 12.4 Å². The molecule has 1 aliphatic rings. The number of fused-ring (bicyclic) bond motifs is 2. The van der Waals surface area contributed by atoms with Crippen molar-refractivity contribution in [2.45, 2.75) is 19.4 Å². The number of anilines is 2. The molecule has 164 valence electrons. The molecule has 0 atom stereocenters. The van der Waals surface area contributed by atoms with Crippen molar-refractivity contribution in [1.29, 1.82) is 0 Å². The summed E-state index contributed by atoms with van der Waals surface area (Å²) in [7, 11) is 0. The van der Waals surface area contributed by atoms with Crippen molar-refractivity contribution >= 4 is 23.3 Å². The fourth-order valence-corrected chi connectivity index (χ4v) is 4.15. The number of para-hydroxylation sites is 2. The van der Waals surface area contributed by atoms with E-state index in [0.29, 0.717) is 12.1 Å². The summed E-state index contributed by atoms with van der Waals surface area (Å²) in [5, 5.41) is 4.18. The predicted molar refractivity (Wildman–Crippen MR) is 125 cm³/mol. The fourth-order valence-electron chi connectivity index (χ4n) is 4.15. The van der Waals surface area contributed by atoms with Crippen molar-refractivity contribution in [1.82, 2.24) is 9.78 Å². The van der Waals surface area contributed by atoms with E-state index in [0.717, 1.165) is 40.9 Å². The van der Waals surface area contributed by atoms with Crippen LogP contribution < -0.4 is 4.90 Å². The van der Waals surface area contributed by atoms with Crippen LogP contribution in [0.15, 0.2) is 91.3 Å². The summed E-state index contributed by atoms with van der Waals surface area (Å²) in [6.07, 6.45) is 5.31. The van der Waals surface area contributed by atoms with Gasteiger partial charge in [0.15, 0.2) is 6.61 Å². The minimum Gasteiger partial charge on any atom is -0.452 e. The summed E-state index contributed by atoms with van der Waals surface area (Å²) in [4.78, 5) is 27.6. The molecule has 6 heteroatoms. The lowest BCUT2D eigenvalue weighted by Crippen LogP contribution is -2.31. The SMILES string of the molecule is O=C(OCC(=O)N1c2ccccc2CCc2ccccc21)c1ccc(Cn2cccn2)cc1. The van der Waals surface area contributed by atoms with E-state index in [4.69, 9.17) is 4.74 Å². The molecular weight excluding hydrogens is 414 g/mol. The second kappa shape index (κ2) is 9.12. The molecule has 6 nitrogen and oxygen atoms in total. The summed E-state index contributed by atoms with van der Waals surface area (Å²) in [6, 6.07) is 24.8. The molecule has 3 aromatic carbocycles. The largest absolute Gasteiger partial charge is 0.452 e. The van der Waals surface area contributed by atoms with Gasteiger partial charge < -0.3 is 4.74 Å². The number of esters is 1. The van der Waals surface area contributed by atoms with Gasteiger partial charge in [-0.3, -0.25) is 14.4 Å². The van der Waals surface area contributed by atoms with Crippen LogP contribution in [0.2, 0.25) is 0 Å². The van der Waals surface area contributed by atoms with Crippen LogP contribution in [0.5, 0.6) is 0 Å². The normalized spacial score (nSPS) is 12.4. The van der Waals surface area contributed by atoms with E-state index in [2.05, 4.69) is 5.10 Å². The smallest absolute Gasteiger partial charge is 0.338 e. The van der Waals surface area contributed by atoms with Crippen LogP contribution >= 0.6 is 0 Å². The van der Waals surface area contributed by atoms with E-state index >= 15 is 0 Å². The predicted octanol–water partition coefficient (Wildman–Crippen LogP) is 4.55. The Morgan fingerprint density at radius 3 is 2.06 bits per heavy atom. The van der Waals surface area contributed by atoms with Gasteiger partial charge in [-0.05, 0) is 59.9 Å². The molecule has 0 radical (unpaired) electrons. The summed E-state index contributed by atoms with van der Waals surface area (Å²) in [6.45, 7) is 0.283. The third-order valence-corrected chi connectivity index (χ3v) is 5.80. The zero-order valence-electron chi connectivity index (χ0n) is 18.1. The molecule has 0 saturated carbocycles. The zero-order valence-corrected chi connectivity index (χ0v) is 18.1. The Balaban J connectivity index is 1.30. The van der Waals surface area contributed by atoms with Crippen molar-refractivity contribution < 1.29 is 14.3 Å². The first-order valence-electron chi connectivity index (χ1n) is 10.9. The van der Waals surface area contributed by atoms with Gasteiger partial charge in [0.1, 0.15) is 0 Å². The Hall–Kier alpha value is -4.19. The van der Waals surface area contributed by atoms with Gasteiger partial charge in [-0.2, -0.15) is 5.10 Å². The van der Waals surface area contributed by atoms with E-state index in [1.54, 1.807) is 23.2 Å². The Bertz CT molecular complexity index is 1230. The maximum atomic E-state index is 13.3. The minimum absolute atomic E-state index is 0.277. The monoisotopic (exact) mass is 437 g/mol. The number of amides is 1. The van der Waals surface area contributed by atoms with Gasteiger partial charge in [0.05, 0.1) is 23.5 Å². The second-order valence-corrected chi connectivity index (χ2v) is 7.96. The first-order chi connectivity index (χ1) is 16.2. The van der Waals surface area contributed by atoms with Crippen molar-refractivity contribution in [2.75, 3.05) is 11.5 Å². The Kier molecular flexibility index (Phi) is 5.72. The highest BCUT2D eigenvalue weighted by atomic mass is 16.5. The van der Waals surface area contributed by atoms with Crippen LogP contribution in [0.1, 0.15) is 27.0 Å². The average Bonchev–Trinajstić information content (AvgIpc) is 3.30. The number of nitrogens with zero attached hydrogens (tertiary/aromatic N) is 3. The maximum Gasteiger partial charge on any atom is 0.338 e. The first-order valence-corrected chi connectivity index (χ1v) is 10.9. The van der Waals surface area contributed by atoms with E-state index in [-0.39, 0.29) is 12.5 Å². The number of carbonyl (C=O) groups is 2. The highest BCUT2D eigenvalue weighted by Gasteiger charge is 2.26. The molecule has 0 unspecified atom stereocenters. The molecule has 0 spiro atoms. The number of hydrogen-bond acceptors (Lipinski definition) is 4. The molecule has 33 heavy (non-hydrogen) atoms. The van der Waals surface area contributed by atoms with Crippen molar-refractivity contribution in [3.63, 3.8) is 0 Å². The van der Waals surface area contributed by atoms with E-state index in [1.165, 1.54) is 0 Å². The van der Waals surface area contributed by atoms with Gasteiger partial charge in [0.25, 0.3) is 5.91 Å². The summed E-state index contributed by atoms with van der Waals surface area (Å²) in [5.74, 6) is -0.800. The second-order valence-electron chi connectivity index (χ2n) is 7.96. The van der Waals surface area contributed by atoms with Crippen molar-refractivity contribution in [3.05, 3.63) is 114 Å². The van der Waals surface area contributed by atoms with Gasteiger partial charge in [-0.1, -0.05) is 48.5 Å². The molecule has 0 fully saturated rings. The molecule has 1 aliphatic heterocycles. The number of hydrogen-bond donors (Lipinski definition) is 0. The van der Waals surface area contributed by atoms with Gasteiger partial charge >= 0.3 is 5.97 Å². The topological polar surface area (TPSA) is 64.4 Å². The Labute approximate surface area is 192 Å². The van der Waals surface area contributed by atoms with Gasteiger partial charge in [0.2, 0.25) is 0 Å². The van der Waals surface area contributed by atoms with E-state index < -0.39 is 5.97 Å². The maximum absolute atomic E-state index is 13.3. The molecule has 0 aliphatic carbocycles. The van der Waals surface area contributed by atoms with Crippen LogP contribution in [0.3, 0.4) is 0 Å². The van der Waals surface area contributed by atoms with Crippen LogP contribution in [0.4, 0.5) is 11.4 Å². The average molecular weight is 437 g/mol.